The average molecular weight is 326 g/mol. The Hall–Kier alpha value is -1.77. The molecule has 0 saturated carbocycles. The van der Waals surface area contributed by atoms with E-state index in [1.807, 2.05) is 0 Å². The van der Waals surface area contributed by atoms with E-state index in [0.29, 0.717) is 11.1 Å². The van der Waals surface area contributed by atoms with E-state index in [4.69, 9.17) is 4.74 Å². The third-order valence-electron chi connectivity index (χ3n) is 3.26. The predicted octanol–water partition coefficient (Wildman–Crippen LogP) is 0.237. The number of hydrogen-bond donors (Lipinski definition) is 1. The van der Waals surface area contributed by atoms with Crippen LogP contribution in [0.25, 0.3) is 0 Å². The number of hydrogen-bond acceptors (Lipinski definition) is 5. The molecular weight excluding hydrogens is 308 g/mol. The minimum atomic E-state index is -3.60. The Morgan fingerprint density at radius 2 is 1.73 bits per heavy atom. The van der Waals surface area contributed by atoms with Crippen molar-refractivity contribution in [1.82, 2.24) is 9.62 Å². The molecule has 0 radical (unpaired) electrons. The van der Waals surface area contributed by atoms with E-state index in [0.717, 1.165) is 4.90 Å². The van der Waals surface area contributed by atoms with E-state index in [1.54, 1.807) is 31.2 Å². The molecule has 0 aliphatic carbocycles. The van der Waals surface area contributed by atoms with E-state index in [1.165, 1.54) is 7.11 Å². The van der Waals surface area contributed by atoms with Crippen molar-refractivity contribution in [3.8, 4) is 0 Å². The van der Waals surface area contributed by atoms with Gasteiger partial charge < -0.3 is 4.74 Å². The van der Waals surface area contributed by atoms with Crippen molar-refractivity contribution in [2.45, 2.75) is 13.0 Å². The molecule has 1 aliphatic rings. The Kier molecular flexibility index (Phi) is 4.94. The van der Waals surface area contributed by atoms with Gasteiger partial charge in [0, 0.05) is 19.7 Å². The summed E-state index contributed by atoms with van der Waals surface area (Å²) in [5, 5.41) is 0. The SMILES string of the molecule is COCC(C)NS(=O)(=O)CCN1C(=O)c2ccccc2C1=O. The molecule has 120 valence electrons. The molecule has 1 unspecified atom stereocenters. The summed E-state index contributed by atoms with van der Waals surface area (Å²) in [5.41, 5.74) is 0.621. The van der Waals surface area contributed by atoms with Gasteiger partial charge in [0.25, 0.3) is 11.8 Å². The van der Waals surface area contributed by atoms with Crippen LogP contribution < -0.4 is 4.72 Å². The quantitative estimate of drug-likeness (QED) is 0.725. The first-order chi connectivity index (χ1) is 10.4. The van der Waals surface area contributed by atoms with Crippen molar-refractivity contribution in [2.75, 3.05) is 26.0 Å². The standard InChI is InChI=1S/C14H18N2O5S/c1-10(9-21-2)15-22(19,20)8-7-16-13(17)11-5-3-4-6-12(11)14(16)18/h3-6,10,15H,7-9H2,1-2H3. The van der Waals surface area contributed by atoms with Crippen molar-refractivity contribution in [1.29, 1.82) is 0 Å². The van der Waals surface area contributed by atoms with Gasteiger partial charge in [-0.1, -0.05) is 12.1 Å². The van der Waals surface area contributed by atoms with Crippen LogP contribution in [0.5, 0.6) is 0 Å². The minimum Gasteiger partial charge on any atom is -0.383 e. The Labute approximate surface area is 129 Å². The van der Waals surface area contributed by atoms with Crippen LogP contribution in [0.15, 0.2) is 24.3 Å². The topological polar surface area (TPSA) is 92.8 Å². The van der Waals surface area contributed by atoms with Gasteiger partial charge in [0.2, 0.25) is 10.0 Å². The number of methoxy groups -OCH3 is 1. The van der Waals surface area contributed by atoms with E-state index < -0.39 is 21.8 Å². The summed E-state index contributed by atoms with van der Waals surface area (Å²) in [4.78, 5) is 25.2. The highest BCUT2D eigenvalue weighted by molar-refractivity contribution is 7.89. The molecule has 8 heteroatoms. The van der Waals surface area contributed by atoms with Gasteiger partial charge in [0.15, 0.2) is 0 Å². The van der Waals surface area contributed by atoms with Gasteiger partial charge in [0.1, 0.15) is 0 Å². The highest BCUT2D eigenvalue weighted by atomic mass is 32.2. The smallest absolute Gasteiger partial charge is 0.261 e. The molecule has 0 bridgehead atoms. The summed E-state index contributed by atoms with van der Waals surface area (Å²) in [6, 6.07) is 6.07. The number of benzene rings is 1. The molecule has 0 aromatic heterocycles. The summed E-state index contributed by atoms with van der Waals surface area (Å²) in [6.07, 6.45) is 0. The van der Waals surface area contributed by atoms with Crippen molar-refractivity contribution >= 4 is 21.8 Å². The largest absolute Gasteiger partial charge is 0.383 e. The lowest BCUT2D eigenvalue weighted by molar-refractivity contribution is 0.0664. The first-order valence-electron chi connectivity index (χ1n) is 6.80. The summed E-state index contributed by atoms with van der Waals surface area (Å²) in [5.74, 6) is -1.26. The lowest BCUT2D eigenvalue weighted by atomic mass is 10.1. The van der Waals surface area contributed by atoms with Gasteiger partial charge >= 0.3 is 0 Å². The van der Waals surface area contributed by atoms with Gasteiger partial charge in [-0.05, 0) is 19.1 Å². The number of nitrogens with one attached hydrogen (secondary N) is 1. The maximum Gasteiger partial charge on any atom is 0.261 e. The Bertz CT molecular complexity index is 651. The molecule has 0 spiro atoms. The zero-order chi connectivity index (χ0) is 16.3. The van der Waals surface area contributed by atoms with Crippen LogP contribution >= 0.6 is 0 Å². The molecule has 2 amide bonds. The third kappa shape index (κ3) is 3.52. The number of carbonyl (C=O) groups excluding carboxylic acids is 2. The van der Waals surface area contributed by atoms with Crippen LogP contribution in [0.3, 0.4) is 0 Å². The van der Waals surface area contributed by atoms with Crippen LogP contribution in [0.1, 0.15) is 27.6 Å². The van der Waals surface area contributed by atoms with Gasteiger partial charge in [-0.15, -0.1) is 0 Å². The third-order valence-corrected chi connectivity index (χ3v) is 4.74. The van der Waals surface area contributed by atoms with Gasteiger partial charge in [-0.3, -0.25) is 14.5 Å². The fourth-order valence-electron chi connectivity index (χ4n) is 2.30. The van der Waals surface area contributed by atoms with Crippen molar-refractivity contribution < 1.29 is 22.7 Å². The minimum absolute atomic E-state index is 0.179. The predicted molar refractivity (Wildman–Crippen MR) is 80.1 cm³/mol. The molecular formula is C14H18N2O5S. The van der Waals surface area contributed by atoms with Gasteiger partial charge in [0.05, 0.1) is 23.5 Å². The van der Waals surface area contributed by atoms with E-state index in [-0.39, 0.29) is 24.9 Å². The van der Waals surface area contributed by atoms with E-state index in [9.17, 15) is 18.0 Å². The number of ether oxygens (including phenoxy) is 1. The van der Waals surface area contributed by atoms with Gasteiger partial charge in [-0.25, -0.2) is 13.1 Å². The first kappa shape index (κ1) is 16.6. The van der Waals surface area contributed by atoms with Crippen LogP contribution in [0, 0.1) is 0 Å². The van der Waals surface area contributed by atoms with Crippen LogP contribution in [-0.2, 0) is 14.8 Å². The summed E-state index contributed by atoms with van der Waals surface area (Å²) < 4.78 is 31.2. The lowest BCUT2D eigenvalue weighted by Gasteiger charge is -2.16. The number of imide groups is 1. The number of fused-ring (bicyclic) bond motifs is 1. The summed E-state index contributed by atoms with van der Waals surface area (Å²) in [7, 11) is -2.12. The van der Waals surface area contributed by atoms with Crippen LogP contribution in [0.2, 0.25) is 0 Å². The van der Waals surface area contributed by atoms with Crippen molar-refractivity contribution in [3.63, 3.8) is 0 Å². The number of carbonyl (C=O) groups is 2. The van der Waals surface area contributed by atoms with Crippen molar-refractivity contribution in [3.05, 3.63) is 35.4 Å². The van der Waals surface area contributed by atoms with Crippen LogP contribution in [0.4, 0.5) is 0 Å². The maximum atomic E-state index is 12.1. The Morgan fingerprint density at radius 1 is 1.18 bits per heavy atom. The second kappa shape index (κ2) is 6.55. The van der Waals surface area contributed by atoms with Crippen molar-refractivity contribution in [2.24, 2.45) is 0 Å². The summed E-state index contributed by atoms with van der Waals surface area (Å²) in [6.45, 7) is 1.73. The molecule has 1 N–H and O–H groups in total. The first-order valence-corrected chi connectivity index (χ1v) is 8.45. The molecule has 1 atom stereocenters. The van der Waals surface area contributed by atoms with E-state index in [2.05, 4.69) is 4.72 Å². The number of nitrogens with zero attached hydrogens (tertiary/aromatic N) is 1. The van der Waals surface area contributed by atoms with E-state index >= 15 is 0 Å². The molecule has 0 fully saturated rings. The zero-order valence-electron chi connectivity index (χ0n) is 12.4. The lowest BCUT2D eigenvalue weighted by Crippen LogP contribution is -2.41. The fourth-order valence-corrected chi connectivity index (χ4v) is 3.53. The molecule has 1 heterocycles. The summed E-state index contributed by atoms with van der Waals surface area (Å²) >= 11 is 0. The molecule has 22 heavy (non-hydrogen) atoms. The average Bonchev–Trinajstić information content (AvgIpc) is 2.69. The highest BCUT2D eigenvalue weighted by Gasteiger charge is 2.35. The molecule has 0 saturated heterocycles. The monoisotopic (exact) mass is 326 g/mol. The molecule has 1 aromatic carbocycles. The molecule has 1 aliphatic heterocycles. The second-order valence-corrected chi connectivity index (χ2v) is 6.97. The maximum absolute atomic E-state index is 12.1. The molecule has 2 rings (SSSR count). The fraction of sp³-hybridized carbons (Fsp3) is 0.429. The Morgan fingerprint density at radius 3 is 2.23 bits per heavy atom. The number of amides is 2. The molecule has 7 nitrogen and oxygen atoms in total. The van der Waals surface area contributed by atoms with Crippen LogP contribution in [-0.4, -0.2) is 57.2 Å². The Balaban J connectivity index is 2.01. The highest BCUT2D eigenvalue weighted by Crippen LogP contribution is 2.22. The molecule has 1 aromatic rings. The number of sulfonamides is 1. The zero-order valence-corrected chi connectivity index (χ0v) is 13.2. The normalized spacial score (nSPS) is 16.0. The second-order valence-electron chi connectivity index (χ2n) is 5.10. The van der Waals surface area contributed by atoms with Gasteiger partial charge in [-0.2, -0.15) is 0 Å². The number of rotatable bonds is 7.